The molecule has 0 radical (unpaired) electrons. The quantitative estimate of drug-likeness (QED) is 0.617. The minimum atomic E-state index is -0.885. The van der Waals surface area contributed by atoms with Crippen molar-refractivity contribution in [2.24, 2.45) is 0 Å². The van der Waals surface area contributed by atoms with Crippen LogP contribution in [-0.2, 0) is 0 Å². The molecule has 25 heavy (non-hydrogen) atoms. The Kier molecular flexibility index (Phi) is 6.05. The van der Waals surface area contributed by atoms with E-state index in [0.29, 0.717) is 16.9 Å². The molecule has 0 saturated carbocycles. The molecule has 0 bridgehead atoms. The number of methoxy groups -OCH3 is 1. The van der Waals surface area contributed by atoms with Crippen LogP contribution in [0, 0.1) is 10.1 Å². The topological polar surface area (TPSA) is 111 Å². The Balaban J connectivity index is 2.06. The molecule has 0 aliphatic carbocycles. The van der Waals surface area contributed by atoms with Gasteiger partial charge in [-0.15, -0.1) is 0 Å². The molecule has 8 nitrogen and oxygen atoms in total. The minimum Gasteiger partial charge on any atom is -0.497 e. The summed E-state index contributed by atoms with van der Waals surface area (Å²) in [5.74, 6) is -0.00000560. The monoisotopic (exact) mass is 343 g/mol. The van der Waals surface area contributed by atoms with Crippen molar-refractivity contribution in [1.82, 2.24) is 10.6 Å². The molecule has 2 N–H and O–H groups in total. The van der Waals surface area contributed by atoms with Gasteiger partial charge in [0.05, 0.1) is 7.11 Å². The molecule has 0 heterocycles. The van der Waals surface area contributed by atoms with Crippen molar-refractivity contribution in [2.45, 2.75) is 6.04 Å². The van der Waals surface area contributed by atoms with Crippen molar-refractivity contribution in [3.63, 3.8) is 0 Å². The Labute approximate surface area is 144 Å². The first-order valence-electron chi connectivity index (χ1n) is 7.42. The summed E-state index contributed by atoms with van der Waals surface area (Å²) in [6, 6.07) is 13.0. The summed E-state index contributed by atoms with van der Waals surface area (Å²) in [6.07, 6.45) is 0. The first-order valence-corrected chi connectivity index (χ1v) is 7.42. The molecule has 0 saturated heterocycles. The van der Waals surface area contributed by atoms with Crippen LogP contribution in [-0.4, -0.2) is 30.5 Å². The molecular formula is C17H17N3O5. The fourth-order valence-electron chi connectivity index (χ4n) is 2.18. The second kappa shape index (κ2) is 8.44. The Morgan fingerprint density at radius 2 is 1.76 bits per heavy atom. The third-order valence-electron chi connectivity index (χ3n) is 3.42. The minimum absolute atomic E-state index is 0.313. The van der Waals surface area contributed by atoms with Crippen molar-refractivity contribution in [3.05, 3.63) is 75.8 Å². The van der Waals surface area contributed by atoms with E-state index >= 15 is 0 Å². The number of imide groups is 1. The molecule has 3 amide bonds. The van der Waals surface area contributed by atoms with Gasteiger partial charge in [0, 0.05) is 10.5 Å². The summed E-state index contributed by atoms with van der Waals surface area (Å²) < 4.78 is 5.03. The highest BCUT2D eigenvalue weighted by atomic mass is 16.6. The average molecular weight is 343 g/mol. The van der Waals surface area contributed by atoms with Crippen molar-refractivity contribution >= 4 is 11.9 Å². The third-order valence-corrected chi connectivity index (χ3v) is 3.42. The van der Waals surface area contributed by atoms with E-state index < -0.39 is 29.4 Å². The molecule has 2 aromatic rings. The number of rotatable bonds is 6. The zero-order valence-electron chi connectivity index (χ0n) is 13.5. The number of amides is 3. The van der Waals surface area contributed by atoms with Gasteiger partial charge in [-0.2, -0.15) is 0 Å². The van der Waals surface area contributed by atoms with Crippen molar-refractivity contribution < 1.29 is 19.2 Å². The predicted octanol–water partition coefficient (Wildman–Crippen LogP) is 2.15. The van der Waals surface area contributed by atoms with E-state index in [1.807, 2.05) is 0 Å². The zero-order valence-corrected chi connectivity index (χ0v) is 13.5. The maximum Gasteiger partial charge on any atom is 0.322 e. The number of ether oxygens (including phenoxy) is 1. The van der Waals surface area contributed by atoms with Crippen LogP contribution < -0.4 is 15.4 Å². The summed E-state index contributed by atoms with van der Waals surface area (Å²) in [5.41, 5.74) is 0.840. The van der Waals surface area contributed by atoms with Crippen LogP contribution >= 0.6 is 0 Å². The highest BCUT2D eigenvalue weighted by molar-refractivity contribution is 6.04. The fourth-order valence-corrected chi connectivity index (χ4v) is 2.18. The predicted molar refractivity (Wildman–Crippen MR) is 90.0 cm³/mol. The molecule has 8 heteroatoms. The Bertz CT molecular complexity index is 747. The van der Waals surface area contributed by atoms with E-state index in [0.717, 1.165) is 0 Å². The summed E-state index contributed by atoms with van der Waals surface area (Å²) in [7, 11) is 1.50. The van der Waals surface area contributed by atoms with Gasteiger partial charge in [0.2, 0.25) is 6.54 Å². The SMILES string of the molecule is COc1ccc(C(C[N+](=O)[O-])NC(=O)NC(=O)c2ccccc2)cc1. The number of carbonyl (C=O) groups excluding carboxylic acids is 2. The van der Waals surface area contributed by atoms with E-state index in [9.17, 15) is 19.7 Å². The van der Waals surface area contributed by atoms with Crippen LogP contribution in [0.5, 0.6) is 5.75 Å². The van der Waals surface area contributed by atoms with Gasteiger partial charge in [0.15, 0.2) is 0 Å². The van der Waals surface area contributed by atoms with Crippen LogP contribution in [0.15, 0.2) is 54.6 Å². The lowest BCUT2D eigenvalue weighted by Crippen LogP contribution is -2.43. The van der Waals surface area contributed by atoms with Crippen molar-refractivity contribution in [2.75, 3.05) is 13.7 Å². The molecule has 2 aromatic carbocycles. The van der Waals surface area contributed by atoms with Crippen LogP contribution in [0.25, 0.3) is 0 Å². The van der Waals surface area contributed by atoms with E-state index in [1.54, 1.807) is 54.6 Å². The van der Waals surface area contributed by atoms with Gasteiger partial charge in [-0.1, -0.05) is 30.3 Å². The maximum absolute atomic E-state index is 12.0. The normalized spacial score (nSPS) is 11.2. The van der Waals surface area contributed by atoms with E-state index in [-0.39, 0.29) is 0 Å². The van der Waals surface area contributed by atoms with Gasteiger partial charge < -0.3 is 10.1 Å². The Hall–Kier alpha value is -3.42. The molecule has 130 valence electrons. The molecule has 1 unspecified atom stereocenters. The molecule has 0 aromatic heterocycles. The van der Waals surface area contributed by atoms with Crippen molar-refractivity contribution in [3.8, 4) is 5.75 Å². The van der Waals surface area contributed by atoms with Gasteiger partial charge in [0.1, 0.15) is 11.8 Å². The number of nitrogens with one attached hydrogen (secondary N) is 2. The second-order valence-electron chi connectivity index (χ2n) is 5.13. The summed E-state index contributed by atoms with van der Waals surface area (Å²) in [4.78, 5) is 34.3. The summed E-state index contributed by atoms with van der Waals surface area (Å²) >= 11 is 0. The first-order chi connectivity index (χ1) is 12.0. The lowest BCUT2D eigenvalue weighted by molar-refractivity contribution is -0.484. The average Bonchev–Trinajstić information content (AvgIpc) is 2.61. The van der Waals surface area contributed by atoms with E-state index in [4.69, 9.17) is 4.74 Å². The number of nitro groups is 1. The maximum atomic E-state index is 12.0. The van der Waals surface area contributed by atoms with Gasteiger partial charge in [0.25, 0.3) is 5.91 Å². The number of hydrogen-bond donors (Lipinski definition) is 2. The molecule has 1 atom stereocenters. The second-order valence-corrected chi connectivity index (χ2v) is 5.13. The van der Waals surface area contributed by atoms with Gasteiger partial charge in [-0.25, -0.2) is 4.79 Å². The summed E-state index contributed by atoms with van der Waals surface area (Å²) in [6.45, 7) is -0.515. The van der Waals surface area contributed by atoms with Gasteiger partial charge in [-0.05, 0) is 29.8 Å². The van der Waals surface area contributed by atoms with Crippen LogP contribution in [0.2, 0.25) is 0 Å². The molecular weight excluding hydrogens is 326 g/mol. The Morgan fingerprint density at radius 1 is 1.12 bits per heavy atom. The highest BCUT2D eigenvalue weighted by Crippen LogP contribution is 2.18. The fraction of sp³-hybridized carbons (Fsp3) is 0.176. The zero-order chi connectivity index (χ0) is 18.2. The van der Waals surface area contributed by atoms with Crippen molar-refractivity contribution in [1.29, 1.82) is 0 Å². The first kappa shape index (κ1) is 17.9. The van der Waals surface area contributed by atoms with Crippen LogP contribution in [0.1, 0.15) is 22.0 Å². The van der Waals surface area contributed by atoms with Gasteiger partial charge >= 0.3 is 6.03 Å². The lowest BCUT2D eigenvalue weighted by Gasteiger charge is -2.16. The molecule has 2 rings (SSSR count). The number of urea groups is 1. The molecule has 0 fully saturated rings. The summed E-state index contributed by atoms with van der Waals surface area (Å²) in [5, 5.41) is 15.5. The lowest BCUT2D eigenvalue weighted by atomic mass is 10.1. The standard InChI is InChI=1S/C17H17N3O5/c1-25-14-9-7-12(8-10-14)15(11-20(23)24)18-17(22)19-16(21)13-5-3-2-4-6-13/h2-10,15H,11H2,1H3,(H2,18,19,21,22). The van der Waals surface area contributed by atoms with Gasteiger partial charge in [-0.3, -0.25) is 20.2 Å². The van der Waals surface area contributed by atoms with Crippen LogP contribution in [0.4, 0.5) is 4.79 Å². The third kappa shape index (κ3) is 5.31. The molecule has 0 spiro atoms. The Morgan fingerprint density at radius 3 is 2.32 bits per heavy atom. The molecule has 0 aliphatic heterocycles. The molecule has 0 aliphatic rings. The number of benzene rings is 2. The largest absolute Gasteiger partial charge is 0.497 e. The highest BCUT2D eigenvalue weighted by Gasteiger charge is 2.21. The number of hydrogen-bond acceptors (Lipinski definition) is 5. The number of nitrogens with zero attached hydrogens (tertiary/aromatic N) is 1. The van der Waals surface area contributed by atoms with Crippen LogP contribution in [0.3, 0.4) is 0 Å². The van der Waals surface area contributed by atoms with E-state index in [1.165, 1.54) is 7.11 Å². The van der Waals surface area contributed by atoms with E-state index in [2.05, 4.69) is 10.6 Å². The number of carbonyl (C=O) groups is 2. The smallest absolute Gasteiger partial charge is 0.322 e.